The second-order valence-electron chi connectivity index (χ2n) is 7.21. The van der Waals surface area contributed by atoms with E-state index in [0.29, 0.717) is 24.8 Å². The SMILES string of the molecule is COc1ccc(Cc2nnc(/C=C\c3ccc(OC)c(COc4ccc(Br)cc4)c3)o2)cc1. The fraction of sp³-hybridized carbons (Fsp3) is 0.154. The van der Waals surface area contributed by atoms with Crippen LogP contribution in [0.5, 0.6) is 17.2 Å². The van der Waals surface area contributed by atoms with Gasteiger partial charge in [0.2, 0.25) is 11.8 Å². The Kier molecular flexibility index (Phi) is 7.42. The third-order valence-corrected chi connectivity index (χ3v) is 5.46. The molecule has 0 saturated heterocycles. The standard InChI is InChI=1S/C26H23BrN2O4/c1-30-22-9-3-19(4-10-22)16-26-29-28-25(33-26)14-6-18-5-13-24(31-2)20(15-18)17-32-23-11-7-21(27)8-12-23/h3-15H,16-17H2,1-2H3/b14-6-. The first-order valence-electron chi connectivity index (χ1n) is 10.3. The van der Waals surface area contributed by atoms with E-state index in [4.69, 9.17) is 18.6 Å². The molecular formula is C26H23BrN2O4. The molecule has 0 saturated carbocycles. The predicted octanol–water partition coefficient (Wildman–Crippen LogP) is 6.19. The van der Waals surface area contributed by atoms with Gasteiger partial charge in [0.25, 0.3) is 0 Å². The van der Waals surface area contributed by atoms with Gasteiger partial charge in [-0.2, -0.15) is 0 Å². The first-order valence-corrected chi connectivity index (χ1v) is 11.1. The molecule has 33 heavy (non-hydrogen) atoms. The third kappa shape index (κ3) is 6.23. The van der Waals surface area contributed by atoms with Gasteiger partial charge in [0.15, 0.2) is 0 Å². The van der Waals surface area contributed by atoms with E-state index < -0.39 is 0 Å². The fourth-order valence-electron chi connectivity index (χ4n) is 3.20. The molecule has 0 aliphatic heterocycles. The summed E-state index contributed by atoms with van der Waals surface area (Å²) in [6.07, 6.45) is 4.28. The van der Waals surface area contributed by atoms with Gasteiger partial charge in [-0.25, -0.2) is 0 Å². The number of aromatic nitrogens is 2. The second-order valence-corrected chi connectivity index (χ2v) is 8.12. The van der Waals surface area contributed by atoms with E-state index in [2.05, 4.69) is 26.1 Å². The lowest BCUT2D eigenvalue weighted by atomic mass is 10.1. The van der Waals surface area contributed by atoms with Gasteiger partial charge in [-0.3, -0.25) is 0 Å². The van der Waals surface area contributed by atoms with Crippen LogP contribution >= 0.6 is 15.9 Å². The van der Waals surface area contributed by atoms with Crippen molar-refractivity contribution < 1.29 is 18.6 Å². The Hall–Kier alpha value is -3.58. The van der Waals surface area contributed by atoms with Crippen LogP contribution in [-0.2, 0) is 13.0 Å². The first-order chi connectivity index (χ1) is 16.1. The van der Waals surface area contributed by atoms with Crippen LogP contribution in [0, 0.1) is 0 Å². The molecule has 0 radical (unpaired) electrons. The largest absolute Gasteiger partial charge is 0.497 e. The van der Waals surface area contributed by atoms with Crippen LogP contribution in [0.25, 0.3) is 12.2 Å². The minimum absolute atomic E-state index is 0.388. The zero-order valence-electron chi connectivity index (χ0n) is 18.3. The number of nitrogens with zero attached hydrogens (tertiary/aromatic N) is 2. The highest BCUT2D eigenvalue weighted by atomic mass is 79.9. The molecule has 1 heterocycles. The molecule has 4 aromatic rings. The summed E-state index contributed by atoms with van der Waals surface area (Å²) in [6.45, 7) is 0.388. The highest BCUT2D eigenvalue weighted by molar-refractivity contribution is 9.10. The maximum absolute atomic E-state index is 5.91. The van der Waals surface area contributed by atoms with E-state index in [1.165, 1.54) is 0 Å². The summed E-state index contributed by atoms with van der Waals surface area (Å²) in [7, 11) is 3.30. The summed E-state index contributed by atoms with van der Waals surface area (Å²) in [5.41, 5.74) is 2.98. The van der Waals surface area contributed by atoms with Crippen molar-refractivity contribution in [3.8, 4) is 17.2 Å². The van der Waals surface area contributed by atoms with Gasteiger partial charge < -0.3 is 18.6 Å². The number of methoxy groups -OCH3 is 2. The molecule has 6 nitrogen and oxygen atoms in total. The molecule has 168 valence electrons. The van der Waals surface area contributed by atoms with Crippen molar-refractivity contribution in [2.24, 2.45) is 0 Å². The summed E-state index contributed by atoms with van der Waals surface area (Å²) >= 11 is 3.43. The normalized spacial score (nSPS) is 11.0. The summed E-state index contributed by atoms with van der Waals surface area (Å²) in [4.78, 5) is 0. The highest BCUT2D eigenvalue weighted by Crippen LogP contribution is 2.24. The lowest BCUT2D eigenvalue weighted by molar-refractivity contribution is 0.296. The topological polar surface area (TPSA) is 66.6 Å². The molecule has 0 aliphatic carbocycles. The molecule has 4 rings (SSSR count). The molecule has 0 atom stereocenters. The van der Waals surface area contributed by atoms with Crippen molar-refractivity contribution in [2.45, 2.75) is 13.0 Å². The zero-order chi connectivity index (χ0) is 23.0. The van der Waals surface area contributed by atoms with Crippen molar-refractivity contribution in [2.75, 3.05) is 14.2 Å². The van der Waals surface area contributed by atoms with E-state index in [0.717, 1.165) is 38.4 Å². The van der Waals surface area contributed by atoms with Gasteiger partial charge in [0.1, 0.15) is 23.9 Å². The Morgan fingerprint density at radius 3 is 2.33 bits per heavy atom. The maximum atomic E-state index is 5.91. The molecule has 0 aliphatic rings. The number of ether oxygens (including phenoxy) is 3. The second kappa shape index (κ2) is 10.8. The minimum Gasteiger partial charge on any atom is -0.497 e. The Bertz CT molecular complexity index is 1220. The van der Waals surface area contributed by atoms with Gasteiger partial charge >= 0.3 is 0 Å². The van der Waals surface area contributed by atoms with Gasteiger partial charge in [-0.15, -0.1) is 10.2 Å². The summed E-state index contributed by atoms with van der Waals surface area (Å²) in [5, 5.41) is 8.26. The van der Waals surface area contributed by atoms with Crippen LogP contribution in [0.2, 0.25) is 0 Å². The average molecular weight is 507 g/mol. The molecule has 0 bridgehead atoms. The van der Waals surface area contributed by atoms with E-state index in [9.17, 15) is 0 Å². The molecule has 1 aromatic heterocycles. The monoisotopic (exact) mass is 506 g/mol. The molecular weight excluding hydrogens is 484 g/mol. The van der Waals surface area contributed by atoms with E-state index in [1.807, 2.05) is 72.8 Å². The number of halogens is 1. The lowest BCUT2D eigenvalue weighted by Crippen LogP contribution is -1.99. The number of benzene rings is 3. The molecule has 0 unspecified atom stereocenters. The van der Waals surface area contributed by atoms with Gasteiger partial charge in [0.05, 0.1) is 20.6 Å². The number of hydrogen-bond donors (Lipinski definition) is 0. The zero-order valence-corrected chi connectivity index (χ0v) is 19.9. The Morgan fingerprint density at radius 2 is 1.61 bits per heavy atom. The summed E-state index contributed by atoms with van der Waals surface area (Å²) in [5.74, 6) is 3.37. The average Bonchev–Trinajstić information content (AvgIpc) is 3.30. The molecule has 0 spiro atoms. The Morgan fingerprint density at radius 1 is 0.848 bits per heavy atom. The molecule has 0 amide bonds. The Labute approximate surface area is 201 Å². The van der Waals surface area contributed by atoms with Crippen molar-refractivity contribution in [3.63, 3.8) is 0 Å². The number of rotatable bonds is 9. The van der Waals surface area contributed by atoms with E-state index in [-0.39, 0.29) is 0 Å². The highest BCUT2D eigenvalue weighted by Gasteiger charge is 2.07. The van der Waals surface area contributed by atoms with Crippen LogP contribution in [0.4, 0.5) is 0 Å². The quantitative estimate of drug-likeness (QED) is 0.269. The van der Waals surface area contributed by atoms with Crippen molar-refractivity contribution in [3.05, 3.63) is 99.7 Å². The fourth-order valence-corrected chi connectivity index (χ4v) is 3.46. The van der Waals surface area contributed by atoms with Crippen molar-refractivity contribution in [1.82, 2.24) is 10.2 Å². The van der Waals surface area contributed by atoms with Gasteiger partial charge in [0, 0.05) is 16.1 Å². The van der Waals surface area contributed by atoms with Crippen LogP contribution in [0.1, 0.15) is 28.5 Å². The molecule has 0 N–H and O–H groups in total. The van der Waals surface area contributed by atoms with Crippen molar-refractivity contribution in [1.29, 1.82) is 0 Å². The van der Waals surface area contributed by atoms with Crippen LogP contribution in [0.3, 0.4) is 0 Å². The molecule has 7 heteroatoms. The van der Waals surface area contributed by atoms with Gasteiger partial charge in [-0.05, 0) is 65.7 Å². The van der Waals surface area contributed by atoms with E-state index >= 15 is 0 Å². The molecule has 0 fully saturated rings. The summed E-state index contributed by atoms with van der Waals surface area (Å²) in [6, 6.07) is 21.4. The van der Waals surface area contributed by atoms with Crippen molar-refractivity contribution >= 4 is 28.1 Å². The number of hydrogen-bond acceptors (Lipinski definition) is 6. The Balaban J connectivity index is 1.42. The van der Waals surface area contributed by atoms with Crippen LogP contribution in [0.15, 0.2) is 75.6 Å². The lowest BCUT2D eigenvalue weighted by Gasteiger charge is -2.11. The van der Waals surface area contributed by atoms with Crippen LogP contribution in [-0.4, -0.2) is 24.4 Å². The maximum Gasteiger partial charge on any atom is 0.240 e. The minimum atomic E-state index is 0.388. The smallest absolute Gasteiger partial charge is 0.240 e. The third-order valence-electron chi connectivity index (χ3n) is 4.93. The summed E-state index contributed by atoms with van der Waals surface area (Å²) < 4.78 is 23.3. The van der Waals surface area contributed by atoms with E-state index in [1.54, 1.807) is 20.3 Å². The first kappa shape index (κ1) is 22.6. The predicted molar refractivity (Wildman–Crippen MR) is 130 cm³/mol. The van der Waals surface area contributed by atoms with Crippen LogP contribution < -0.4 is 14.2 Å². The molecule has 3 aromatic carbocycles. The van der Waals surface area contributed by atoms with Gasteiger partial charge in [-0.1, -0.05) is 34.1 Å².